The van der Waals surface area contributed by atoms with E-state index in [1.807, 2.05) is 30.3 Å². The van der Waals surface area contributed by atoms with E-state index in [9.17, 15) is 13.2 Å². The molecule has 0 saturated carbocycles. The lowest BCUT2D eigenvalue weighted by Crippen LogP contribution is -2.50. The highest BCUT2D eigenvalue weighted by atomic mass is 32.2. The number of aliphatic hydroxyl groups is 1. The van der Waals surface area contributed by atoms with E-state index in [2.05, 4.69) is 0 Å². The van der Waals surface area contributed by atoms with E-state index in [0.29, 0.717) is 0 Å². The quantitative estimate of drug-likeness (QED) is 0.874. The first kappa shape index (κ1) is 14.8. The predicted octanol–water partition coefficient (Wildman–Crippen LogP) is 0.414. The number of sulfone groups is 1. The summed E-state index contributed by atoms with van der Waals surface area (Å²) in [6, 6.07) is 9.23. The highest BCUT2D eigenvalue weighted by molar-refractivity contribution is 7.92. The van der Waals surface area contributed by atoms with Crippen LogP contribution in [0.25, 0.3) is 0 Å². The number of rotatable bonds is 3. The van der Waals surface area contributed by atoms with E-state index < -0.39 is 27.8 Å². The van der Waals surface area contributed by atoms with Crippen molar-refractivity contribution < 1.29 is 23.1 Å². The summed E-state index contributed by atoms with van der Waals surface area (Å²) in [5.74, 6) is -0.140. The maximum Gasteiger partial charge on any atom is 0.410 e. The number of carbonyl (C=O) groups excluding carboxylic acids is 1. The fraction of sp³-hybridized carbons (Fsp3) is 0.462. The van der Waals surface area contributed by atoms with E-state index in [1.165, 1.54) is 4.90 Å². The van der Waals surface area contributed by atoms with Crippen LogP contribution in [0.4, 0.5) is 4.79 Å². The summed E-state index contributed by atoms with van der Waals surface area (Å²) in [6.07, 6.45) is -0.554. The van der Waals surface area contributed by atoms with Gasteiger partial charge in [-0.15, -0.1) is 0 Å². The number of amides is 1. The zero-order chi connectivity index (χ0) is 14.6. The molecule has 0 radical (unpaired) electrons. The maximum absolute atomic E-state index is 11.9. The minimum Gasteiger partial charge on any atom is -0.445 e. The van der Waals surface area contributed by atoms with Crippen molar-refractivity contribution >= 4 is 15.9 Å². The van der Waals surface area contributed by atoms with Crippen LogP contribution in [0.15, 0.2) is 30.3 Å². The molecule has 0 spiro atoms. The van der Waals surface area contributed by atoms with Gasteiger partial charge in [0, 0.05) is 13.1 Å². The van der Waals surface area contributed by atoms with Crippen molar-refractivity contribution in [3.63, 3.8) is 0 Å². The molecule has 0 aromatic heterocycles. The van der Waals surface area contributed by atoms with Gasteiger partial charge in [0.15, 0.2) is 9.84 Å². The van der Waals surface area contributed by atoms with Crippen LogP contribution in [-0.2, 0) is 21.2 Å². The van der Waals surface area contributed by atoms with Crippen LogP contribution >= 0.6 is 0 Å². The van der Waals surface area contributed by atoms with Crippen LogP contribution in [0.2, 0.25) is 0 Å². The lowest BCUT2D eigenvalue weighted by molar-refractivity contribution is 0.0943. The molecule has 0 aliphatic carbocycles. The maximum atomic E-state index is 11.9. The predicted molar refractivity (Wildman–Crippen MR) is 72.9 cm³/mol. The first-order chi connectivity index (χ1) is 9.53. The van der Waals surface area contributed by atoms with Crippen molar-refractivity contribution in [2.24, 2.45) is 0 Å². The number of hydrogen-bond donors (Lipinski definition) is 1. The van der Waals surface area contributed by atoms with E-state index in [0.717, 1.165) is 5.56 Å². The highest BCUT2D eigenvalue weighted by Crippen LogP contribution is 2.13. The second-order valence-electron chi connectivity index (χ2n) is 4.66. The molecule has 1 aromatic carbocycles. The van der Waals surface area contributed by atoms with Gasteiger partial charge in [0.2, 0.25) is 0 Å². The largest absolute Gasteiger partial charge is 0.445 e. The zero-order valence-corrected chi connectivity index (χ0v) is 11.8. The van der Waals surface area contributed by atoms with E-state index in [4.69, 9.17) is 9.84 Å². The van der Waals surface area contributed by atoms with Crippen LogP contribution in [0.3, 0.4) is 0 Å². The molecule has 1 aliphatic heterocycles. The summed E-state index contributed by atoms with van der Waals surface area (Å²) in [7, 11) is -3.31. The van der Waals surface area contributed by atoms with Crippen molar-refractivity contribution in [2.75, 3.05) is 25.4 Å². The molecule has 1 aliphatic rings. The first-order valence-electron chi connectivity index (χ1n) is 6.31. The van der Waals surface area contributed by atoms with Gasteiger partial charge in [-0.2, -0.15) is 0 Å². The molecule has 1 aromatic rings. The normalized spacial score (nSPS) is 21.4. The molecular formula is C13H17NO5S. The summed E-state index contributed by atoms with van der Waals surface area (Å²) in [6.45, 7) is -0.254. The molecule has 1 amide bonds. The van der Waals surface area contributed by atoms with Gasteiger partial charge in [-0.05, 0) is 5.56 Å². The highest BCUT2D eigenvalue weighted by Gasteiger charge is 2.34. The van der Waals surface area contributed by atoms with Gasteiger partial charge in [0.25, 0.3) is 0 Å². The topological polar surface area (TPSA) is 83.9 Å². The number of hydrogen-bond acceptors (Lipinski definition) is 5. The van der Waals surface area contributed by atoms with Crippen LogP contribution in [0.1, 0.15) is 5.56 Å². The van der Waals surface area contributed by atoms with Gasteiger partial charge in [-0.3, -0.25) is 0 Å². The molecule has 1 saturated heterocycles. The second kappa shape index (κ2) is 6.23. The molecule has 1 unspecified atom stereocenters. The lowest BCUT2D eigenvalue weighted by Gasteiger charge is -2.30. The second-order valence-corrected chi connectivity index (χ2v) is 7.06. The minimum absolute atomic E-state index is 0.0214. The van der Waals surface area contributed by atoms with Crippen molar-refractivity contribution in [3.8, 4) is 0 Å². The standard InChI is InChI=1S/C13H17NO5S/c15-9-12-8-14(6-7-20(12,17)18)13(16)19-10-11-4-2-1-3-5-11/h1-5,12,15H,6-10H2. The number of carbonyl (C=O) groups is 1. The number of nitrogens with zero attached hydrogens (tertiary/aromatic N) is 1. The molecule has 0 bridgehead atoms. The number of aliphatic hydroxyl groups excluding tert-OH is 1. The van der Waals surface area contributed by atoms with Gasteiger partial charge in [0.05, 0.1) is 12.4 Å². The van der Waals surface area contributed by atoms with Crippen LogP contribution in [0.5, 0.6) is 0 Å². The van der Waals surface area contributed by atoms with Crippen molar-refractivity contribution in [1.82, 2.24) is 4.90 Å². The van der Waals surface area contributed by atoms with E-state index >= 15 is 0 Å². The minimum atomic E-state index is -3.31. The Bertz CT molecular complexity index is 557. The van der Waals surface area contributed by atoms with Gasteiger partial charge >= 0.3 is 6.09 Å². The third-order valence-electron chi connectivity index (χ3n) is 3.24. The molecule has 20 heavy (non-hydrogen) atoms. The Hall–Kier alpha value is -1.60. The monoisotopic (exact) mass is 299 g/mol. The van der Waals surface area contributed by atoms with E-state index in [1.54, 1.807) is 0 Å². The Morgan fingerprint density at radius 3 is 2.70 bits per heavy atom. The van der Waals surface area contributed by atoms with E-state index in [-0.39, 0.29) is 25.4 Å². The molecule has 1 heterocycles. The molecule has 1 fully saturated rings. The molecule has 7 heteroatoms. The molecule has 110 valence electrons. The van der Waals surface area contributed by atoms with Gasteiger partial charge in [0.1, 0.15) is 11.9 Å². The summed E-state index contributed by atoms with van der Waals surface area (Å²) in [4.78, 5) is 13.2. The van der Waals surface area contributed by atoms with Crippen LogP contribution < -0.4 is 0 Å². The summed E-state index contributed by atoms with van der Waals surface area (Å²) in [5.41, 5.74) is 0.865. The SMILES string of the molecule is O=C(OCc1ccccc1)N1CCS(=O)(=O)C(CO)C1. The fourth-order valence-electron chi connectivity index (χ4n) is 2.00. The van der Waals surface area contributed by atoms with Gasteiger partial charge < -0.3 is 14.7 Å². The lowest BCUT2D eigenvalue weighted by atomic mass is 10.2. The van der Waals surface area contributed by atoms with Crippen LogP contribution in [0, 0.1) is 0 Å². The van der Waals surface area contributed by atoms with Crippen molar-refractivity contribution in [3.05, 3.63) is 35.9 Å². The first-order valence-corrected chi connectivity index (χ1v) is 8.02. The van der Waals surface area contributed by atoms with Crippen molar-refractivity contribution in [2.45, 2.75) is 11.9 Å². The Labute approximate surface area is 117 Å². The molecule has 2 rings (SSSR count). The number of benzene rings is 1. The summed E-state index contributed by atoms with van der Waals surface area (Å²) >= 11 is 0. The Kier molecular flexibility index (Phi) is 4.61. The average Bonchev–Trinajstić information content (AvgIpc) is 2.45. The van der Waals surface area contributed by atoms with Gasteiger partial charge in [-0.1, -0.05) is 30.3 Å². The number of ether oxygens (including phenoxy) is 1. The third-order valence-corrected chi connectivity index (χ3v) is 5.31. The Morgan fingerprint density at radius 2 is 2.05 bits per heavy atom. The van der Waals surface area contributed by atoms with Crippen LogP contribution in [-0.4, -0.2) is 55.2 Å². The van der Waals surface area contributed by atoms with Crippen molar-refractivity contribution in [1.29, 1.82) is 0 Å². The van der Waals surface area contributed by atoms with Gasteiger partial charge in [-0.25, -0.2) is 13.2 Å². The third kappa shape index (κ3) is 3.49. The summed E-state index contributed by atoms with van der Waals surface area (Å²) < 4.78 is 28.4. The summed E-state index contributed by atoms with van der Waals surface area (Å²) in [5, 5.41) is 8.16. The Morgan fingerprint density at radius 1 is 1.35 bits per heavy atom. The fourth-order valence-corrected chi connectivity index (χ4v) is 3.44. The smallest absolute Gasteiger partial charge is 0.410 e. The molecule has 1 atom stereocenters. The molecular weight excluding hydrogens is 282 g/mol. The zero-order valence-electron chi connectivity index (χ0n) is 10.9. The molecule has 6 nitrogen and oxygen atoms in total. The molecule has 1 N–H and O–H groups in total. The average molecular weight is 299 g/mol. The Balaban J connectivity index is 1.90.